The van der Waals surface area contributed by atoms with Gasteiger partial charge in [-0.25, -0.2) is 4.98 Å². The fraction of sp³-hybridized carbons (Fsp3) is 0.250. The first-order valence-electron chi connectivity index (χ1n) is 8.55. The molecule has 0 saturated carbocycles. The van der Waals surface area contributed by atoms with E-state index in [0.717, 1.165) is 10.9 Å². The Balaban J connectivity index is 1.91. The number of pyridine rings is 1. The number of para-hydroxylation sites is 1. The molecule has 6 nitrogen and oxygen atoms in total. The molecule has 2 aromatic carbocycles. The van der Waals surface area contributed by atoms with Gasteiger partial charge in [0.1, 0.15) is 11.5 Å². The van der Waals surface area contributed by atoms with Crippen LogP contribution in [0.3, 0.4) is 0 Å². The van der Waals surface area contributed by atoms with Crippen molar-refractivity contribution in [2.24, 2.45) is 0 Å². The van der Waals surface area contributed by atoms with Crippen LogP contribution in [-0.4, -0.2) is 31.7 Å². The van der Waals surface area contributed by atoms with E-state index in [1.807, 2.05) is 19.1 Å². The molecule has 1 heterocycles. The maximum Gasteiger partial charge on any atom is 0.357 e. The van der Waals surface area contributed by atoms with Gasteiger partial charge in [0, 0.05) is 24.5 Å². The van der Waals surface area contributed by atoms with Crippen molar-refractivity contribution in [1.29, 1.82) is 0 Å². The average molecular weight is 387 g/mol. The molecule has 0 aliphatic rings. The van der Waals surface area contributed by atoms with Gasteiger partial charge < -0.3 is 14.0 Å². The summed E-state index contributed by atoms with van der Waals surface area (Å²) in [4.78, 5) is 4.28. The highest BCUT2D eigenvalue weighted by Crippen LogP contribution is 2.27. The summed E-state index contributed by atoms with van der Waals surface area (Å²) in [5.41, 5.74) is 1.90. The third-order valence-electron chi connectivity index (χ3n) is 3.91. The Kier molecular flexibility index (Phi) is 5.62. The Hall–Kier alpha value is -2.64. The number of ether oxygens (including phenoxy) is 1. The molecule has 3 rings (SSSR count). The maximum absolute atomic E-state index is 12.8. The van der Waals surface area contributed by atoms with Crippen molar-refractivity contribution in [1.82, 2.24) is 4.98 Å². The van der Waals surface area contributed by atoms with E-state index in [-0.39, 0.29) is 17.4 Å². The Morgan fingerprint density at radius 2 is 1.78 bits per heavy atom. The van der Waals surface area contributed by atoms with Crippen molar-refractivity contribution in [2.45, 2.75) is 25.3 Å². The maximum atomic E-state index is 12.8. The molecule has 27 heavy (non-hydrogen) atoms. The van der Waals surface area contributed by atoms with Crippen LogP contribution in [0.25, 0.3) is 10.9 Å². The minimum atomic E-state index is -4.10. The normalized spacial score (nSPS) is 11.5. The summed E-state index contributed by atoms with van der Waals surface area (Å²) in [6, 6.07) is 14.0. The topological polar surface area (TPSA) is 85.7 Å². The van der Waals surface area contributed by atoms with Gasteiger partial charge in [-0.1, -0.05) is 18.2 Å². The van der Waals surface area contributed by atoms with Gasteiger partial charge in [-0.05, 0) is 49.2 Å². The van der Waals surface area contributed by atoms with Gasteiger partial charge in [0.2, 0.25) is 0 Å². The molecule has 142 valence electrons. The zero-order valence-electron chi connectivity index (χ0n) is 15.2. The second-order valence-electron chi connectivity index (χ2n) is 6.25. The van der Waals surface area contributed by atoms with Crippen LogP contribution in [-0.2, 0) is 10.1 Å². The summed E-state index contributed by atoms with van der Waals surface area (Å²) in [5, 5.41) is 9.60. The number of hydrogen-bond donors (Lipinski definition) is 1. The lowest BCUT2D eigenvalue weighted by molar-refractivity contribution is 0.233. The van der Waals surface area contributed by atoms with Gasteiger partial charge in [0.05, 0.1) is 12.1 Å². The highest BCUT2D eigenvalue weighted by Gasteiger charge is 2.22. The van der Waals surface area contributed by atoms with E-state index in [2.05, 4.69) is 4.98 Å². The number of benzene rings is 2. The van der Waals surface area contributed by atoms with Crippen molar-refractivity contribution in [3.8, 4) is 11.5 Å². The molecule has 0 fully saturated rings. The van der Waals surface area contributed by atoms with Gasteiger partial charge in [-0.2, -0.15) is 8.42 Å². The van der Waals surface area contributed by atoms with Crippen LogP contribution in [0, 0.1) is 13.8 Å². The van der Waals surface area contributed by atoms with Crippen LogP contribution in [0.2, 0.25) is 0 Å². The lowest BCUT2D eigenvalue weighted by Gasteiger charge is -2.12. The van der Waals surface area contributed by atoms with Crippen LogP contribution in [0.4, 0.5) is 0 Å². The number of aliphatic hydroxyl groups excluding tert-OH is 1. The molecule has 1 aromatic heterocycles. The predicted octanol–water partition coefficient (Wildman–Crippen LogP) is 3.38. The summed E-state index contributed by atoms with van der Waals surface area (Å²) in [5.74, 6) is 0.639. The van der Waals surface area contributed by atoms with Crippen molar-refractivity contribution >= 4 is 21.0 Å². The summed E-state index contributed by atoms with van der Waals surface area (Å²) >= 11 is 0. The first kappa shape index (κ1) is 19.1. The molecule has 0 saturated heterocycles. The highest BCUT2D eigenvalue weighted by molar-refractivity contribution is 7.87. The monoisotopic (exact) mass is 387 g/mol. The zero-order valence-corrected chi connectivity index (χ0v) is 16.0. The molecule has 7 heteroatoms. The van der Waals surface area contributed by atoms with Gasteiger partial charge in [0.25, 0.3) is 0 Å². The Bertz CT molecular complexity index is 1060. The number of fused-ring (bicyclic) bond motifs is 1. The first-order chi connectivity index (χ1) is 12.9. The number of hydrogen-bond acceptors (Lipinski definition) is 6. The van der Waals surface area contributed by atoms with E-state index in [1.165, 1.54) is 6.07 Å². The van der Waals surface area contributed by atoms with E-state index in [9.17, 15) is 8.42 Å². The average Bonchev–Trinajstić information content (AvgIpc) is 2.60. The fourth-order valence-corrected chi connectivity index (χ4v) is 3.82. The Labute approximate surface area is 158 Å². The SMILES string of the molecule is Cc1cc(OCCCO)cc(OS(=O)(=O)c2nc3ccccc3cc2C)c1. The summed E-state index contributed by atoms with van der Waals surface area (Å²) < 4.78 is 36.4. The van der Waals surface area contributed by atoms with Crippen LogP contribution in [0.15, 0.2) is 53.6 Å². The molecule has 3 aromatic rings. The molecule has 0 aliphatic carbocycles. The van der Waals surface area contributed by atoms with Gasteiger partial charge in [-0.15, -0.1) is 0 Å². The van der Waals surface area contributed by atoms with Crippen LogP contribution < -0.4 is 8.92 Å². The third kappa shape index (κ3) is 4.56. The quantitative estimate of drug-likeness (QED) is 0.494. The minimum Gasteiger partial charge on any atom is -0.493 e. The molecule has 0 aliphatic heterocycles. The third-order valence-corrected chi connectivity index (χ3v) is 5.21. The molecular weight excluding hydrogens is 366 g/mol. The van der Waals surface area contributed by atoms with Crippen molar-refractivity contribution < 1.29 is 22.4 Å². The Morgan fingerprint density at radius 1 is 1.04 bits per heavy atom. The molecule has 0 atom stereocenters. The molecular formula is C20H21NO5S. The predicted molar refractivity (Wildman–Crippen MR) is 103 cm³/mol. The van der Waals surface area contributed by atoms with E-state index < -0.39 is 10.1 Å². The summed E-state index contributed by atoms with van der Waals surface area (Å²) in [6.07, 6.45) is 0.489. The lowest BCUT2D eigenvalue weighted by atomic mass is 10.2. The Morgan fingerprint density at radius 3 is 2.56 bits per heavy atom. The highest BCUT2D eigenvalue weighted by atomic mass is 32.2. The minimum absolute atomic E-state index is 0.0243. The summed E-state index contributed by atoms with van der Waals surface area (Å²) in [7, 11) is -4.10. The largest absolute Gasteiger partial charge is 0.493 e. The second-order valence-corrected chi connectivity index (χ2v) is 7.71. The van der Waals surface area contributed by atoms with E-state index >= 15 is 0 Å². The molecule has 0 unspecified atom stereocenters. The first-order valence-corrected chi connectivity index (χ1v) is 9.96. The zero-order chi connectivity index (χ0) is 19.4. The standard InChI is InChI=1S/C20H21NO5S/c1-14-10-17(25-9-5-8-22)13-18(11-14)26-27(23,24)20-15(2)12-16-6-3-4-7-19(16)21-20/h3-4,6-7,10-13,22H,5,8-9H2,1-2H3. The van der Waals surface area contributed by atoms with Gasteiger partial charge in [0.15, 0.2) is 5.03 Å². The molecule has 0 spiro atoms. The second kappa shape index (κ2) is 7.94. The number of aliphatic hydroxyl groups is 1. The fourth-order valence-electron chi connectivity index (χ4n) is 2.72. The van der Waals surface area contributed by atoms with Gasteiger partial charge >= 0.3 is 10.1 Å². The number of rotatable bonds is 7. The van der Waals surface area contributed by atoms with E-state index in [0.29, 0.717) is 29.9 Å². The van der Waals surface area contributed by atoms with Crippen molar-refractivity contribution in [3.63, 3.8) is 0 Å². The van der Waals surface area contributed by atoms with Crippen molar-refractivity contribution in [2.75, 3.05) is 13.2 Å². The van der Waals surface area contributed by atoms with E-state index in [1.54, 1.807) is 37.3 Å². The number of aromatic nitrogens is 1. The number of aryl methyl sites for hydroxylation is 2. The smallest absolute Gasteiger partial charge is 0.357 e. The van der Waals surface area contributed by atoms with Crippen LogP contribution in [0.1, 0.15) is 17.5 Å². The lowest BCUT2D eigenvalue weighted by Crippen LogP contribution is -2.13. The van der Waals surface area contributed by atoms with Crippen LogP contribution >= 0.6 is 0 Å². The number of nitrogens with zero attached hydrogens (tertiary/aromatic N) is 1. The molecule has 0 radical (unpaired) electrons. The van der Waals surface area contributed by atoms with E-state index in [4.69, 9.17) is 14.0 Å². The molecule has 0 amide bonds. The van der Waals surface area contributed by atoms with Crippen molar-refractivity contribution in [3.05, 3.63) is 59.7 Å². The van der Waals surface area contributed by atoms with Gasteiger partial charge in [-0.3, -0.25) is 0 Å². The molecule has 0 bridgehead atoms. The molecule has 1 N–H and O–H groups in total. The summed E-state index contributed by atoms with van der Waals surface area (Å²) in [6.45, 7) is 3.86. The van der Waals surface area contributed by atoms with Crippen LogP contribution in [0.5, 0.6) is 11.5 Å².